The predicted molar refractivity (Wildman–Crippen MR) is 110 cm³/mol. The number of carbonyl (C=O) groups excluding carboxylic acids is 1. The van der Waals surface area contributed by atoms with Gasteiger partial charge in [0.1, 0.15) is 12.7 Å². The maximum Gasteiger partial charge on any atom is 0.255 e. The topological polar surface area (TPSA) is 97.2 Å². The zero-order valence-electron chi connectivity index (χ0n) is 15.7. The van der Waals surface area contributed by atoms with Crippen LogP contribution in [0.25, 0.3) is 5.69 Å². The molecule has 0 bridgehead atoms. The van der Waals surface area contributed by atoms with Crippen LogP contribution in [0, 0.1) is 0 Å². The van der Waals surface area contributed by atoms with Crippen molar-refractivity contribution in [1.29, 1.82) is 0 Å². The van der Waals surface area contributed by atoms with Crippen LogP contribution in [0.5, 0.6) is 0 Å². The minimum absolute atomic E-state index is 0.192. The van der Waals surface area contributed by atoms with Crippen molar-refractivity contribution in [2.75, 3.05) is 29.9 Å². The summed E-state index contributed by atoms with van der Waals surface area (Å²) in [6.07, 6.45) is 3.07. The van der Waals surface area contributed by atoms with Crippen molar-refractivity contribution in [2.24, 2.45) is 0 Å². The molecule has 4 rings (SSSR count). The van der Waals surface area contributed by atoms with E-state index >= 15 is 0 Å². The number of hydrogen-bond acceptors (Lipinski definition) is 6. The molecular weight excluding hydrogens is 390 g/mol. The molecule has 0 unspecified atom stereocenters. The fraction of sp³-hybridized carbons (Fsp3) is 0.250. The van der Waals surface area contributed by atoms with E-state index in [4.69, 9.17) is 0 Å². The van der Waals surface area contributed by atoms with Gasteiger partial charge in [-0.3, -0.25) is 9.69 Å². The molecule has 3 aromatic rings. The van der Waals surface area contributed by atoms with Gasteiger partial charge in [0.25, 0.3) is 5.91 Å². The van der Waals surface area contributed by atoms with Crippen LogP contribution in [0.15, 0.2) is 61.2 Å². The van der Waals surface area contributed by atoms with Crippen molar-refractivity contribution in [1.82, 2.24) is 19.7 Å². The van der Waals surface area contributed by atoms with Crippen LogP contribution >= 0.6 is 0 Å². The molecule has 1 aromatic heterocycles. The van der Waals surface area contributed by atoms with E-state index in [-0.39, 0.29) is 17.4 Å². The summed E-state index contributed by atoms with van der Waals surface area (Å²) in [5.74, 6) is 0.191. The highest BCUT2D eigenvalue weighted by Crippen LogP contribution is 2.15. The van der Waals surface area contributed by atoms with Gasteiger partial charge in [-0.05, 0) is 42.0 Å². The molecule has 2 heterocycles. The third kappa shape index (κ3) is 4.87. The lowest BCUT2D eigenvalue weighted by molar-refractivity contribution is 0.102. The average Bonchev–Trinajstić information content (AvgIpc) is 3.25. The summed E-state index contributed by atoms with van der Waals surface area (Å²) in [6.45, 7) is 1.68. The fourth-order valence-corrected chi connectivity index (χ4v) is 4.50. The Morgan fingerprint density at radius 1 is 1.07 bits per heavy atom. The predicted octanol–water partition coefficient (Wildman–Crippen LogP) is 1.75. The molecule has 0 spiro atoms. The van der Waals surface area contributed by atoms with Crippen LogP contribution in [0.4, 0.5) is 5.69 Å². The van der Waals surface area contributed by atoms with E-state index in [0.717, 1.165) is 11.3 Å². The molecule has 0 saturated carbocycles. The Kier molecular flexibility index (Phi) is 5.41. The molecule has 1 N–H and O–H groups in total. The summed E-state index contributed by atoms with van der Waals surface area (Å²) in [4.78, 5) is 18.6. The monoisotopic (exact) mass is 411 g/mol. The number of sulfone groups is 1. The molecule has 1 aliphatic rings. The summed E-state index contributed by atoms with van der Waals surface area (Å²) < 4.78 is 24.8. The minimum Gasteiger partial charge on any atom is -0.322 e. The lowest BCUT2D eigenvalue weighted by Crippen LogP contribution is -2.39. The van der Waals surface area contributed by atoms with Crippen LogP contribution in [0.1, 0.15) is 15.9 Å². The molecule has 2 aromatic carbocycles. The standard InChI is InChI=1S/C20H21N5O3S/c26-20(23-18-4-6-19(7-5-18)25-15-21-14-22-25)17-3-1-2-16(12-17)13-24-8-10-29(27,28)11-9-24/h1-7,12,14-15H,8-11,13H2,(H,23,26). The third-order valence-electron chi connectivity index (χ3n) is 4.84. The number of benzene rings is 2. The van der Waals surface area contributed by atoms with E-state index in [1.807, 2.05) is 42.5 Å². The molecule has 1 amide bonds. The lowest BCUT2D eigenvalue weighted by Gasteiger charge is -2.26. The molecule has 0 radical (unpaired) electrons. The quantitative estimate of drug-likeness (QED) is 0.687. The number of hydrogen-bond donors (Lipinski definition) is 1. The van der Waals surface area contributed by atoms with E-state index in [9.17, 15) is 13.2 Å². The lowest BCUT2D eigenvalue weighted by atomic mass is 10.1. The average molecular weight is 411 g/mol. The Morgan fingerprint density at radius 3 is 2.52 bits per heavy atom. The number of carbonyl (C=O) groups is 1. The van der Waals surface area contributed by atoms with E-state index in [1.54, 1.807) is 17.1 Å². The Bertz CT molecular complexity index is 1080. The maximum absolute atomic E-state index is 12.6. The molecule has 150 valence electrons. The summed E-state index contributed by atoms with van der Waals surface area (Å²) in [6, 6.07) is 14.7. The molecule has 29 heavy (non-hydrogen) atoms. The van der Waals surface area contributed by atoms with Crippen molar-refractivity contribution in [3.63, 3.8) is 0 Å². The van der Waals surface area contributed by atoms with Crippen molar-refractivity contribution in [3.8, 4) is 5.69 Å². The van der Waals surface area contributed by atoms with Gasteiger partial charge in [0, 0.05) is 30.9 Å². The van der Waals surface area contributed by atoms with Gasteiger partial charge in [0.15, 0.2) is 9.84 Å². The number of aromatic nitrogens is 3. The fourth-order valence-electron chi connectivity index (χ4n) is 3.22. The second-order valence-corrected chi connectivity index (χ2v) is 9.27. The highest BCUT2D eigenvalue weighted by atomic mass is 32.2. The second-order valence-electron chi connectivity index (χ2n) is 6.97. The third-order valence-corrected chi connectivity index (χ3v) is 6.45. The summed E-state index contributed by atoms with van der Waals surface area (Å²) in [7, 11) is -2.90. The molecule has 9 heteroatoms. The SMILES string of the molecule is O=C(Nc1ccc(-n2cncn2)cc1)c1cccc(CN2CCS(=O)(=O)CC2)c1. The second kappa shape index (κ2) is 8.14. The highest BCUT2D eigenvalue weighted by Gasteiger charge is 2.21. The maximum atomic E-state index is 12.6. The Hall–Kier alpha value is -3.04. The first-order valence-corrected chi connectivity index (χ1v) is 11.1. The molecule has 1 aliphatic heterocycles. The van der Waals surface area contributed by atoms with Gasteiger partial charge in [-0.25, -0.2) is 18.1 Å². The number of nitrogens with one attached hydrogen (secondary N) is 1. The van der Waals surface area contributed by atoms with Gasteiger partial charge in [0.2, 0.25) is 0 Å². The van der Waals surface area contributed by atoms with Crippen LogP contribution in [-0.2, 0) is 16.4 Å². The first-order chi connectivity index (χ1) is 14.0. The molecule has 1 fully saturated rings. The van der Waals surface area contributed by atoms with E-state index in [0.29, 0.717) is 30.9 Å². The molecule has 8 nitrogen and oxygen atoms in total. The van der Waals surface area contributed by atoms with Gasteiger partial charge in [0.05, 0.1) is 17.2 Å². The number of anilines is 1. The van der Waals surface area contributed by atoms with Crippen LogP contribution in [0.3, 0.4) is 0 Å². The van der Waals surface area contributed by atoms with Crippen LogP contribution < -0.4 is 5.32 Å². The van der Waals surface area contributed by atoms with Gasteiger partial charge < -0.3 is 5.32 Å². The van der Waals surface area contributed by atoms with Crippen molar-refractivity contribution < 1.29 is 13.2 Å². The summed E-state index contributed by atoms with van der Waals surface area (Å²) in [5.41, 5.74) is 3.09. The zero-order chi connectivity index (χ0) is 20.3. The molecule has 1 saturated heterocycles. The van der Waals surface area contributed by atoms with E-state index in [2.05, 4.69) is 20.3 Å². The smallest absolute Gasteiger partial charge is 0.255 e. The Balaban J connectivity index is 1.39. The summed E-state index contributed by atoms with van der Waals surface area (Å²) in [5, 5.41) is 6.97. The number of rotatable bonds is 5. The largest absolute Gasteiger partial charge is 0.322 e. The first-order valence-electron chi connectivity index (χ1n) is 9.27. The van der Waals surface area contributed by atoms with Crippen molar-refractivity contribution in [3.05, 3.63) is 72.3 Å². The van der Waals surface area contributed by atoms with Crippen molar-refractivity contribution in [2.45, 2.75) is 6.54 Å². The highest BCUT2D eigenvalue weighted by molar-refractivity contribution is 7.91. The molecule has 0 atom stereocenters. The van der Waals surface area contributed by atoms with Gasteiger partial charge in [-0.15, -0.1) is 0 Å². The Labute approximate surface area is 169 Å². The van der Waals surface area contributed by atoms with E-state index < -0.39 is 9.84 Å². The van der Waals surface area contributed by atoms with Gasteiger partial charge >= 0.3 is 0 Å². The molecular formula is C20H21N5O3S. The van der Waals surface area contributed by atoms with E-state index in [1.165, 1.54) is 6.33 Å². The van der Waals surface area contributed by atoms with Crippen molar-refractivity contribution >= 4 is 21.4 Å². The number of amides is 1. The first kappa shape index (κ1) is 19.3. The minimum atomic E-state index is -2.90. The number of nitrogens with zero attached hydrogens (tertiary/aromatic N) is 4. The summed E-state index contributed by atoms with van der Waals surface area (Å²) >= 11 is 0. The molecule has 0 aliphatic carbocycles. The van der Waals surface area contributed by atoms with Gasteiger partial charge in [-0.1, -0.05) is 12.1 Å². The van der Waals surface area contributed by atoms with Crippen LogP contribution in [0.2, 0.25) is 0 Å². The Morgan fingerprint density at radius 2 is 1.83 bits per heavy atom. The normalized spacial score (nSPS) is 16.4. The zero-order valence-corrected chi connectivity index (χ0v) is 16.5. The van der Waals surface area contributed by atoms with Crippen LogP contribution in [-0.4, -0.2) is 58.6 Å². The van der Waals surface area contributed by atoms with Gasteiger partial charge in [-0.2, -0.15) is 5.10 Å².